The van der Waals surface area contributed by atoms with Gasteiger partial charge in [-0.15, -0.1) is 0 Å². The van der Waals surface area contributed by atoms with Gasteiger partial charge in [0.15, 0.2) is 11.5 Å². The van der Waals surface area contributed by atoms with Crippen LogP contribution in [-0.2, 0) is 0 Å². The predicted octanol–water partition coefficient (Wildman–Crippen LogP) is 3.53. The van der Waals surface area contributed by atoms with Crippen molar-refractivity contribution in [2.24, 2.45) is 0 Å². The lowest BCUT2D eigenvalue weighted by Crippen LogP contribution is -2.11. The highest BCUT2D eigenvalue weighted by Crippen LogP contribution is 2.29. The minimum atomic E-state index is -0.623. The van der Waals surface area contributed by atoms with Crippen molar-refractivity contribution in [3.05, 3.63) is 56.9 Å². The number of ether oxygens (including phenoxy) is 2. The summed E-state index contributed by atoms with van der Waals surface area (Å²) in [6.07, 6.45) is 0. The number of nitriles is 1. The maximum absolute atomic E-state index is 13.0. The zero-order valence-corrected chi connectivity index (χ0v) is 13.0. The van der Waals surface area contributed by atoms with E-state index in [2.05, 4.69) is 0 Å². The molecule has 21 heavy (non-hydrogen) atoms. The van der Waals surface area contributed by atoms with E-state index in [0.717, 1.165) is 0 Å². The van der Waals surface area contributed by atoms with Gasteiger partial charge >= 0.3 is 5.97 Å². The largest absolute Gasteiger partial charge is 0.493 e. The topological polar surface area (TPSA) is 59.3 Å². The van der Waals surface area contributed by atoms with E-state index in [-0.39, 0.29) is 17.1 Å². The molecule has 2 aromatic carbocycles. The SMILES string of the molecule is COc1cc(C#N)ccc1OC(=O)c1ccc(F)cc1I. The van der Waals surface area contributed by atoms with Crippen molar-refractivity contribution < 1.29 is 18.7 Å². The number of halogens is 2. The van der Waals surface area contributed by atoms with Crippen LogP contribution in [-0.4, -0.2) is 13.1 Å². The van der Waals surface area contributed by atoms with Gasteiger partial charge in [-0.2, -0.15) is 5.26 Å². The Morgan fingerprint density at radius 1 is 1.24 bits per heavy atom. The molecule has 0 heterocycles. The van der Waals surface area contributed by atoms with Gasteiger partial charge in [0.1, 0.15) is 5.82 Å². The summed E-state index contributed by atoms with van der Waals surface area (Å²) < 4.78 is 23.8. The minimum absolute atomic E-state index is 0.196. The Kier molecular flexibility index (Phi) is 4.75. The normalized spacial score (nSPS) is 9.81. The summed E-state index contributed by atoms with van der Waals surface area (Å²) in [4.78, 5) is 12.1. The van der Waals surface area contributed by atoms with Crippen LogP contribution >= 0.6 is 22.6 Å². The molecule has 0 aromatic heterocycles. The second-order valence-electron chi connectivity index (χ2n) is 3.99. The molecule has 4 nitrogen and oxygen atoms in total. The van der Waals surface area contributed by atoms with Crippen LogP contribution in [0.25, 0.3) is 0 Å². The van der Waals surface area contributed by atoms with Crippen LogP contribution in [0.1, 0.15) is 15.9 Å². The van der Waals surface area contributed by atoms with Crippen molar-refractivity contribution in [1.82, 2.24) is 0 Å². The Balaban J connectivity index is 2.29. The summed E-state index contributed by atoms with van der Waals surface area (Å²) >= 11 is 1.86. The first-order valence-corrected chi connectivity index (χ1v) is 6.88. The van der Waals surface area contributed by atoms with Crippen LogP contribution < -0.4 is 9.47 Å². The average Bonchev–Trinajstić information content (AvgIpc) is 2.47. The number of esters is 1. The zero-order valence-electron chi connectivity index (χ0n) is 10.9. The number of hydrogen-bond acceptors (Lipinski definition) is 4. The van der Waals surface area contributed by atoms with Gasteiger partial charge in [0.2, 0.25) is 0 Å². The lowest BCUT2D eigenvalue weighted by molar-refractivity contribution is 0.0728. The van der Waals surface area contributed by atoms with E-state index >= 15 is 0 Å². The van der Waals surface area contributed by atoms with E-state index in [9.17, 15) is 9.18 Å². The van der Waals surface area contributed by atoms with E-state index in [1.54, 1.807) is 0 Å². The molecule has 6 heteroatoms. The van der Waals surface area contributed by atoms with Gasteiger partial charge in [0.05, 0.1) is 24.3 Å². The molecular formula is C15H9FINO3. The van der Waals surface area contributed by atoms with Crippen LogP contribution in [0.2, 0.25) is 0 Å². The number of carbonyl (C=O) groups excluding carboxylic acids is 1. The maximum atomic E-state index is 13.0. The number of benzene rings is 2. The predicted molar refractivity (Wildman–Crippen MR) is 81.8 cm³/mol. The van der Waals surface area contributed by atoms with Crippen molar-refractivity contribution in [2.45, 2.75) is 0 Å². The van der Waals surface area contributed by atoms with Crippen LogP contribution in [0.15, 0.2) is 36.4 Å². The first kappa shape index (κ1) is 15.3. The third-order valence-electron chi connectivity index (χ3n) is 2.65. The van der Waals surface area contributed by atoms with E-state index < -0.39 is 11.8 Å². The Bertz CT molecular complexity index is 740. The molecule has 0 saturated heterocycles. The fraction of sp³-hybridized carbons (Fsp3) is 0.0667. The summed E-state index contributed by atoms with van der Waals surface area (Å²) in [5, 5.41) is 8.82. The second kappa shape index (κ2) is 6.54. The van der Waals surface area contributed by atoms with E-state index in [4.69, 9.17) is 14.7 Å². The average molecular weight is 397 g/mol. The van der Waals surface area contributed by atoms with Crippen LogP contribution in [0, 0.1) is 20.7 Å². The molecule has 0 radical (unpaired) electrons. The third-order valence-corrected chi connectivity index (χ3v) is 3.54. The molecule has 2 aromatic rings. The van der Waals surface area contributed by atoms with E-state index in [1.807, 2.05) is 28.7 Å². The number of carbonyl (C=O) groups is 1. The Hall–Kier alpha value is -2.14. The van der Waals surface area contributed by atoms with Crippen LogP contribution in [0.4, 0.5) is 4.39 Å². The van der Waals surface area contributed by atoms with Gasteiger partial charge < -0.3 is 9.47 Å². The van der Waals surface area contributed by atoms with Crippen molar-refractivity contribution >= 4 is 28.6 Å². The Labute approximate surface area is 134 Å². The Morgan fingerprint density at radius 2 is 2.00 bits per heavy atom. The van der Waals surface area contributed by atoms with Crippen molar-refractivity contribution in [1.29, 1.82) is 5.26 Å². The van der Waals surface area contributed by atoms with Gasteiger partial charge in [0.25, 0.3) is 0 Å². The molecule has 0 aliphatic rings. The lowest BCUT2D eigenvalue weighted by Gasteiger charge is -2.10. The maximum Gasteiger partial charge on any atom is 0.344 e. The molecule has 0 bridgehead atoms. The lowest BCUT2D eigenvalue weighted by atomic mass is 10.2. The summed E-state index contributed by atoms with van der Waals surface area (Å²) in [6, 6.07) is 10.2. The quantitative estimate of drug-likeness (QED) is 0.452. The number of rotatable bonds is 3. The van der Waals surface area contributed by atoms with Gasteiger partial charge in [-0.25, -0.2) is 9.18 Å². The highest BCUT2D eigenvalue weighted by molar-refractivity contribution is 14.1. The second-order valence-corrected chi connectivity index (χ2v) is 5.15. The highest BCUT2D eigenvalue weighted by atomic mass is 127. The Morgan fingerprint density at radius 3 is 2.62 bits per heavy atom. The third kappa shape index (κ3) is 3.49. The standard InChI is InChI=1S/C15H9FINO3/c1-20-14-6-9(8-18)2-5-13(14)21-15(19)11-4-3-10(16)7-12(11)17/h2-7H,1H3. The highest BCUT2D eigenvalue weighted by Gasteiger charge is 2.16. The molecule has 0 spiro atoms. The fourth-order valence-corrected chi connectivity index (χ4v) is 2.33. The molecule has 0 aliphatic heterocycles. The summed E-state index contributed by atoms with van der Waals surface area (Å²) in [5.74, 6) is -0.574. The molecule has 0 atom stereocenters. The molecule has 0 fully saturated rings. The molecule has 0 aliphatic carbocycles. The van der Waals surface area contributed by atoms with Gasteiger partial charge in [0, 0.05) is 9.64 Å². The fourth-order valence-electron chi connectivity index (χ4n) is 1.63. The number of nitrogens with zero attached hydrogens (tertiary/aromatic N) is 1. The van der Waals surface area contributed by atoms with Crippen LogP contribution in [0.3, 0.4) is 0 Å². The molecule has 0 amide bonds. The molecule has 0 unspecified atom stereocenters. The van der Waals surface area contributed by atoms with E-state index in [1.165, 1.54) is 43.5 Å². The van der Waals surface area contributed by atoms with Crippen LogP contribution in [0.5, 0.6) is 11.5 Å². The molecule has 0 N–H and O–H groups in total. The molecular weight excluding hydrogens is 388 g/mol. The first-order chi connectivity index (χ1) is 10.0. The molecule has 106 valence electrons. The summed E-state index contributed by atoms with van der Waals surface area (Å²) in [6.45, 7) is 0. The summed E-state index contributed by atoms with van der Waals surface area (Å²) in [7, 11) is 1.41. The number of methoxy groups -OCH3 is 1. The van der Waals surface area contributed by atoms with E-state index in [0.29, 0.717) is 9.13 Å². The van der Waals surface area contributed by atoms with Gasteiger partial charge in [-0.05, 0) is 52.9 Å². The molecule has 0 saturated carbocycles. The zero-order chi connectivity index (χ0) is 15.4. The van der Waals surface area contributed by atoms with Crippen molar-refractivity contribution in [3.8, 4) is 17.6 Å². The molecule has 2 rings (SSSR count). The first-order valence-electron chi connectivity index (χ1n) is 5.80. The van der Waals surface area contributed by atoms with Crippen molar-refractivity contribution in [2.75, 3.05) is 7.11 Å². The minimum Gasteiger partial charge on any atom is -0.493 e. The summed E-state index contributed by atoms with van der Waals surface area (Å²) in [5.41, 5.74) is 0.645. The van der Waals surface area contributed by atoms with Gasteiger partial charge in [-0.3, -0.25) is 0 Å². The van der Waals surface area contributed by atoms with Crippen molar-refractivity contribution in [3.63, 3.8) is 0 Å². The smallest absolute Gasteiger partial charge is 0.344 e. The monoisotopic (exact) mass is 397 g/mol. The van der Waals surface area contributed by atoms with Gasteiger partial charge in [-0.1, -0.05) is 0 Å². The number of hydrogen-bond donors (Lipinski definition) is 0.